The topological polar surface area (TPSA) is 88.9 Å². The van der Waals surface area contributed by atoms with Gasteiger partial charge in [0, 0.05) is 13.1 Å². The van der Waals surface area contributed by atoms with Crippen LogP contribution in [0.5, 0.6) is 0 Å². The van der Waals surface area contributed by atoms with Gasteiger partial charge in [-0.15, -0.1) is 0 Å². The molecule has 2 rings (SSSR count). The van der Waals surface area contributed by atoms with Crippen molar-refractivity contribution in [1.29, 1.82) is 0 Å². The number of piperazine rings is 1. The average molecular weight is 387 g/mol. The van der Waals surface area contributed by atoms with E-state index in [4.69, 9.17) is 9.15 Å². The fourth-order valence-electron chi connectivity index (χ4n) is 2.28. The van der Waals surface area contributed by atoms with Crippen LogP contribution in [0.3, 0.4) is 0 Å². The highest BCUT2D eigenvalue weighted by Crippen LogP contribution is 2.19. The number of esters is 1. The molecule has 0 aliphatic carbocycles. The maximum Gasteiger partial charge on any atom is 0.308 e. The number of carbonyl (C=O) groups is 3. The molecule has 0 unspecified atom stereocenters. The van der Waals surface area contributed by atoms with Crippen LogP contribution in [-0.4, -0.2) is 48.4 Å². The molecule has 1 N–H and O–H groups in total. The van der Waals surface area contributed by atoms with Crippen molar-refractivity contribution >= 4 is 33.7 Å². The number of nitrogens with zero attached hydrogens (tertiary/aromatic N) is 1. The highest BCUT2D eigenvalue weighted by Gasteiger charge is 2.36. The Balaban J connectivity index is 2.05. The number of hydrogen-bond donors (Lipinski definition) is 1. The van der Waals surface area contributed by atoms with Crippen molar-refractivity contribution in [2.75, 3.05) is 19.7 Å². The van der Waals surface area contributed by atoms with Gasteiger partial charge in [-0.3, -0.25) is 14.4 Å². The predicted octanol–water partition coefficient (Wildman–Crippen LogP) is 1.72. The summed E-state index contributed by atoms with van der Waals surface area (Å²) in [6, 6.07) is 2.25. The molecule has 0 spiro atoms. The molecule has 1 fully saturated rings. The lowest BCUT2D eigenvalue weighted by atomic mass is 10.1. The van der Waals surface area contributed by atoms with Crippen molar-refractivity contribution in [2.24, 2.45) is 0 Å². The van der Waals surface area contributed by atoms with Crippen molar-refractivity contribution in [3.63, 3.8) is 0 Å². The standard InChI is InChI=1S/C15H19BrN2O5/c1-2-3-8-22-13(19)9-10-14(20)17-6-7-18(10)15(21)11-4-5-12(16)23-11/h4-5,10H,2-3,6-9H2,1H3,(H,17,20)/t10-/m0/s1. The zero-order chi connectivity index (χ0) is 16.8. The molecule has 2 amide bonds. The molecule has 0 bridgehead atoms. The summed E-state index contributed by atoms with van der Waals surface area (Å²) >= 11 is 3.14. The first-order chi connectivity index (χ1) is 11.0. The van der Waals surface area contributed by atoms with E-state index < -0.39 is 17.9 Å². The van der Waals surface area contributed by atoms with Gasteiger partial charge < -0.3 is 19.4 Å². The lowest BCUT2D eigenvalue weighted by molar-refractivity contribution is -0.147. The molecule has 1 aliphatic heterocycles. The largest absolute Gasteiger partial charge is 0.466 e. The molecule has 2 heterocycles. The molecule has 126 valence electrons. The number of halogens is 1. The van der Waals surface area contributed by atoms with Gasteiger partial charge in [-0.2, -0.15) is 0 Å². The SMILES string of the molecule is CCCCOC(=O)C[C@H]1C(=O)NCCN1C(=O)c1ccc(Br)o1. The minimum absolute atomic E-state index is 0.121. The number of furan rings is 1. The fourth-order valence-corrected chi connectivity index (χ4v) is 2.59. The molecule has 1 saturated heterocycles. The Bertz CT molecular complexity index is 586. The van der Waals surface area contributed by atoms with Gasteiger partial charge in [0.25, 0.3) is 5.91 Å². The van der Waals surface area contributed by atoms with E-state index in [-0.39, 0.29) is 18.1 Å². The highest BCUT2D eigenvalue weighted by molar-refractivity contribution is 9.10. The summed E-state index contributed by atoms with van der Waals surface area (Å²) in [6.45, 7) is 2.97. The summed E-state index contributed by atoms with van der Waals surface area (Å²) in [6.07, 6.45) is 1.52. The van der Waals surface area contributed by atoms with E-state index in [9.17, 15) is 14.4 Å². The molecular formula is C15H19BrN2O5. The number of rotatable bonds is 6. The summed E-state index contributed by atoms with van der Waals surface area (Å²) in [5.41, 5.74) is 0. The van der Waals surface area contributed by atoms with Crippen LogP contribution in [0, 0.1) is 0 Å². The third-order valence-corrected chi connectivity index (χ3v) is 3.92. The van der Waals surface area contributed by atoms with Gasteiger partial charge in [-0.1, -0.05) is 13.3 Å². The normalized spacial score (nSPS) is 17.7. The number of unbranched alkanes of at least 4 members (excludes halogenated alkanes) is 1. The first kappa shape index (κ1) is 17.5. The Labute approximate surface area is 142 Å². The lowest BCUT2D eigenvalue weighted by Gasteiger charge is -2.33. The van der Waals surface area contributed by atoms with E-state index >= 15 is 0 Å². The summed E-state index contributed by atoms with van der Waals surface area (Å²) in [5.74, 6) is -1.14. The lowest BCUT2D eigenvalue weighted by Crippen LogP contribution is -2.57. The van der Waals surface area contributed by atoms with E-state index in [0.717, 1.165) is 12.8 Å². The first-order valence-electron chi connectivity index (χ1n) is 7.52. The van der Waals surface area contributed by atoms with Crippen molar-refractivity contribution in [1.82, 2.24) is 10.2 Å². The Morgan fingerprint density at radius 1 is 1.48 bits per heavy atom. The third-order valence-electron chi connectivity index (χ3n) is 3.50. The minimum atomic E-state index is -0.880. The molecule has 1 aromatic heterocycles. The Hall–Kier alpha value is -1.83. The summed E-state index contributed by atoms with van der Waals surface area (Å²) < 4.78 is 10.8. The minimum Gasteiger partial charge on any atom is -0.466 e. The number of ether oxygens (including phenoxy) is 1. The molecule has 0 saturated carbocycles. The van der Waals surface area contributed by atoms with E-state index in [1.165, 1.54) is 11.0 Å². The number of hydrogen-bond acceptors (Lipinski definition) is 5. The maximum atomic E-state index is 12.5. The molecule has 1 aliphatic rings. The molecular weight excluding hydrogens is 368 g/mol. The number of amides is 2. The van der Waals surface area contributed by atoms with Gasteiger partial charge in [0.05, 0.1) is 13.0 Å². The van der Waals surface area contributed by atoms with Gasteiger partial charge in [0.2, 0.25) is 5.91 Å². The second kappa shape index (κ2) is 8.14. The Kier molecular flexibility index (Phi) is 6.20. The quantitative estimate of drug-likeness (QED) is 0.593. The first-order valence-corrected chi connectivity index (χ1v) is 8.32. The molecule has 1 atom stereocenters. The Morgan fingerprint density at radius 3 is 2.91 bits per heavy atom. The van der Waals surface area contributed by atoms with E-state index in [1.54, 1.807) is 6.07 Å². The van der Waals surface area contributed by atoms with Crippen LogP contribution in [0.4, 0.5) is 0 Å². The molecule has 23 heavy (non-hydrogen) atoms. The van der Waals surface area contributed by atoms with Gasteiger partial charge in [-0.25, -0.2) is 0 Å². The molecule has 7 nitrogen and oxygen atoms in total. The fraction of sp³-hybridized carbons (Fsp3) is 0.533. The van der Waals surface area contributed by atoms with Crippen LogP contribution < -0.4 is 5.32 Å². The van der Waals surface area contributed by atoms with E-state index in [2.05, 4.69) is 21.2 Å². The molecule has 0 radical (unpaired) electrons. The predicted molar refractivity (Wildman–Crippen MR) is 84.7 cm³/mol. The monoisotopic (exact) mass is 386 g/mol. The second-order valence-electron chi connectivity index (χ2n) is 5.19. The number of carbonyl (C=O) groups excluding carboxylic acids is 3. The second-order valence-corrected chi connectivity index (χ2v) is 5.97. The molecule has 0 aromatic carbocycles. The zero-order valence-corrected chi connectivity index (χ0v) is 14.4. The van der Waals surface area contributed by atoms with Gasteiger partial charge in [0.1, 0.15) is 6.04 Å². The van der Waals surface area contributed by atoms with Crippen LogP contribution in [0.25, 0.3) is 0 Å². The van der Waals surface area contributed by atoms with Crippen LogP contribution in [0.1, 0.15) is 36.7 Å². The van der Waals surface area contributed by atoms with Crippen molar-refractivity contribution in [2.45, 2.75) is 32.2 Å². The average Bonchev–Trinajstić information content (AvgIpc) is 2.95. The van der Waals surface area contributed by atoms with Crippen molar-refractivity contribution in [3.8, 4) is 0 Å². The van der Waals surface area contributed by atoms with Crippen LogP contribution in [0.2, 0.25) is 0 Å². The summed E-state index contributed by atoms with van der Waals surface area (Å²) in [4.78, 5) is 37.8. The van der Waals surface area contributed by atoms with Gasteiger partial charge >= 0.3 is 5.97 Å². The van der Waals surface area contributed by atoms with Gasteiger partial charge in [-0.05, 0) is 34.5 Å². The number of nitrogens with one attached hydrogen (secondary N) is 1. The van der Waals surface area contributed by atoms with Crippen LogP contribution in [-0.2, 0) is 14.3 Å². The smallest absolute Gasteiger partial charge is 0.308 e. The molecule has 1 aromatic rings. The zero-order valence-electron chi connectivity index (χ0n) is 12.8. The maximum absolute atomic E-state index is 12.5. The summed E-state index contributed by atoms with van der Waals surface area (Å²) in [5, 5.41) is 2.67. The van der Waals surface area contributed by atoms with Crippen LogP contribution in [0.15, 0.2) is 21.2 Å². The van der Waals surface area contributed by atoms with Crippen LogP contribution >= 0.6 is 15.9 Å². The van der Waals surface area contributed by atoms with Crippen molar-refractivity contribution in [3.05, 3.63) is 22.6 Å². The summed E-state index contributed by atoms with van der Waals surface area (Å²) in [7, 11) is 0. The highest BCUT2D eigenvalue weighted by atomic mass is 79.9. The van der Waals surface area contributed by atoms with Crippen molar-refractivity contribution < 1.29 is 23.5 Å². The third kappa shape index (κ3) is 4.57. The van der Waals surface area contributed by atoms with E-state index in [0.29, 0.717) is 24.4 Å². The van der Waals surface area contributed by atoms with E-state index in [1.807, 2.05) is 6.92 Å². The Morgan fingerprint density at radius 2 is 2.26 bits per heavy atom. The molecule has 8 heteroatoms. The van der Waals surface area contributed by atoms with Gasteiger partial charge in [0.15, 0.2) is 10.4 Å².